The van der Waals surface area contributed by atoms with Crippen LogP contribution in [0.3, 0.4) is 0 Å². The lowest BCUT2D eigenvalue weighted by Crippen LogP contribution is -2.72. The van der Waals surface area contributed by atoms with Gasteiger partial charge < -0.3 is 30.9 Å². The standard InChI is InChI=1S/C27H29N3O10/c1-5-16(33)40-23-12-8-14(31)19(26(28)38)24(36)27(12,39)25(37)20-17(23)10(2)11-6-7-13(21(34)18(11)22(20)35)29-15(32)9-30(3)4/h6-7,12,17,19-20,23,34,39H,2,5,8-9H2,1,3-4H3,(H2,28,38)(H,29,32)/t12-,17-,19?,20?,23-,27-/m1/s1. The second-order valence-electron chi connectivity index (χ2n) is 10.5. The molecule has 0 aliphatic heterocycles. The van der Waals surface area contributed by atoms with Crippen molar-refractivity contribution in [1.29, 1.82) is 0 Å². The van der Waals surface area contributed by atoms with Crippen LogP contribution in [0.1, 0.15) is 35.7 Å². The first kappa shape index (κ1) is 28.8. The van der Waals surface area contributed by atoms with Gasteiger partial charge in [0.15, 0.2) is 40.4 Å². The number of esters is 1. The number of nitrogens with two attached hydrogens (primary N) is 1. The zero-order chi connectivity index (χ0) is 29.8. The first-order valence-corrected chi connectivity index (χ1v) is 12.5. The van der Waals surface area contributed by atoms with Crippen LogP contribution >= 0.6 is 0 Å². The molecule has 40 heavy (non-hydrogen) atoms. The van der Waals surface area contributed by atoms with Crippen molar-refractivity contribution < 1.29 is 48.5 Å². The minimum absolute atomic E-state index is 0.0406. The number of phenolic OH excluding ortho intramolecular Hbond substituents is 1. The van der Waals surface area contributed by atoms with Crippen molar-refractivity contribution in [1.82, 2.24) is 4.90 Å². The van der Waals surface area contributed by atoms with E-state index in [0.29, 0.717) is 0 Å². The van der Waals surface area contributed by atoms with Crippen molar-refractivity contribution in [3.63, 3.8) is 0 Å². The topological polar surface area (TPSA) is 210 Å². The highest BCUT2D eigenvalue weighted by Gasteiger charge is 2.70. The number of amides is 2. The van der Waals surface area contributed by atoms with Gasteiger partial charge >= 0.3 is 5.97 Å². The third kappa shape index (κ3) is 4.21. The van der Waals surface area contributed by atoms with Gasteiger partial charge in [0.1, 0.15) is 6.10 Å². The number of Topliss-reactive ketones (excluding diaryl/α,β-unsaturated/α-hetero) is 4. The molecular weight excluding hydrogens is 526 g/mol. The fourth-order valence-electron chi connectivity index (χ4n) is 5.91. The maximum absolute atomic E-state index is 13.9. The lowest BCUT2D eigenvalue weighted by molar-refractivity contribution is -0.194. The molecule has 2 saturated carbocycles. The third-order valence-electron chi connectivity index (χ3n) is 7.72. The molecule has 1 aromatic carbocycles. The van der Waals surface area contributed by atoms with Gasteiger partial charge in [-0.1, -0.05) is 19.6 Å². The Morgan fingerprint density at radius 1 is 1.18 bits per heavy atom. The summed E-state index contributed by atoms with van der Waals surface area (Å²) in [6.07, 6.45) is -2.39. The average molecular weight is 556 g/mol. The van der Waals surface area contributed by atoms with E-state index in [-0.39, 0.29) is 29.8 Å². The fraction of sp³-hybridized carbons (Fsp3) is 0.444. The molecule has 212 valence electrons. The molecule has 3 aliphatic rings. The molecule has 6 atom stereocenters. The number of ether oxygens (including phenoxy) is 1. The maximum Gasteiger partial charge on any atom is 0.305 e. The number of aliphatic hydroxyl groups is 1. The molecule has 2 amide bonds. The third-order valence-corrected chi connectivity index (χ3v) is 7.72. The van der Waals surface area contributed by atoms with Crippen LogP contribution < -0.4 is 11.1 Å². The Labute approximate surface area is 228 Å². The van der Waals surface area contributed by atoms with Gasteiger partial charge in [0.25, 0.3) is 0 Å². The molecular formula is C27H29N3O10. The number of rotatable bonds is 6. The first-order valence-electron chi connectivity index (χ1n) is 12.5. The predicted octanol–water partition coefficient (Wildman–Crippen LogP) is -0.771. The summed E-state index contributed by atoms with van der Waals surface area (Å²) in [6.45, 7) is 5.41. The van der Waals surface area contributed by atoms with Crippen LogP contribution in [-0.2, 0) is 33.5 Å². The molecule has 4 rings (SSSR count). The number of aromatic hydroxyl groups is 1. The number of likely N-dealkylation sites (N-methyl/N-ethyl adjacent to an activating group) is 1. The number of carbonyl (C=O) groups is 7. The van der Waals surface area contributed by atoms with Crippen molar-refractivity contribution in [3.05, 3.63) is 29.8 Å². The zero-order valence-electron chi connectivity index (χ0n) is 22.1. The van der Waals surface area contributed by atoms with E-state index in [0.717, 1.165) is 0 Å². The second-order valence-corrected chi connectivity index (χ2v) is 10.5. The van der Waals surface area contributed by atoms with E-state index in [2.05, 4.69) is 11.9 Å². The van der Waals surface area contributed by atoms with Crippen LogP contribution in [0.2, 0.25) is 0 Å². The Bertz CT molecular complexity index is 1400. The quantitative estimate of drug-likeness (QED) is 0.194. The van der Waals surface area contributed by atoms with Crippen LogP contribution in [0, 0.1) is 23.7 Å². The summed E-state index contributed by atoms with van der Waals surface area (Å²) >= 11 is 0. The lowest BCUT2D eigenvalue weighted by Gasteiger charge is -2.52. The van der Waals surface area contributed by atoms with Gasteiger partial charge in [-0.05, 0) is 31.3 Å². The summed E-state index contributed by atoms with van der Waals surface area (Å²) in [7, 11) is 3.30. The highest BCUT2D eigenvalue weighted by Crippen LogP contribution is 2.54. The Morgan fingerprint density at radius 2 is 1.82 bits per heavy atom. The van der Waals surface area contributed by atoms with Gasteiger partial charge in [-0.2, -0.15) is 0 Å². The van der Waals surface area contributed by atoms with E-state index in [1.807, 2.05) is 0 Å². The molecule has 0 radical (unpaired) electrons. The van der Waals surface area contributed by atoms with Gasteiger partial charge in [-0.3, -0.25) is 33.6 Å². The molecule has 0 saturated heterocycles. The second kappa shape index (κ2) is 10.1. The number of fused-ring (bicyclic) bond motifs is 3. The average Bonchev–Trinajstić information content (AvgIpc) is 2.86. The monoisotopic (exact) mass is 555 g/mol. The lowest BCUT2D eigenvalue weighted by atomic mass is 9.51. The van der Waals surface area contributed by atoms with Crippen LogP contribution in [0.4, 0.5) is 5.69 Å². The fourth-order valence-corrected chi connectivity index (χ4v) is 5.91. The molecule has 1 aromatic rings. The molecule has 0 bridgehead atoms. The Morgan fingerprint density at radius 3 is 2.40 bits per heavy atom. The minimum atomic E-state index is -3.06. The smallest absolute Gasteiger partial charge is 0.305 e. The minimum Gasteiger partial charge on any atom is -0.505 e. The normalized spacial score (nSPS) is 29.4. The highest BCUT2D eigenvalue weighted by molar-refractivity contribution is 6.32. The predicted molar refractivity (Wildman–Crippen MR) is 137 cm³/mol. The van der Waals surface area contributed by atoms with E-state index < -0.39 is 94.0 Å². The van der Waals surface area contributed by atoms with Crippen LogP contribution in [0.25, 0.3) is 5.57 Å². The van der Waals surface area contributed by atoms with Crippen molar-refractivity contribution >= 4 is 52.2 Å². The number of carbonyl (C=O) groups excluding carboxylic acids is 7. The number of hydrogen-bond acceptors (Lipinski definition) is 11. The number of anilines is 1. The number of nitrogens with zero attached hydrogens (tertiary/aromatic N) is 1. The molecule has 5 N–H and O–H groups in total. The largest absolute Gasteiger partial charge is 0.505 e. The molecule has 13 heteroatoms. The van der Waals surface area contributed by atoms with E-state index in [4.69, 9.17) is 10.5 Å². The molecule has 0 heterocycles. The number of phenols is 1. The Hall–Kier alpha value is -4.23. The molecule has 0 spiro atoms. The summed E-state index contributed by atoms with van der Waals surface area (Å²) in [6, 6.07) is 2.72. The van der Waals surface area contributed by atoms with Crippen molar-refractivity contribution in [2.45, 2.75) is 31.5 Å². The number of ketones is 4. The number of nitrogens with one attached hydrogen (secondary N) is 1. The van der Waals surface area contributed by atoms with Gasteiger partial charge in [-0.15, -0.1) is 0 Å². The summed E-state index contributed by atoms with van der Waals surface area (Å²) in [5.74, 6) is -15.1. The number of hydrogen-bond donors (Lipinski definition) is 4. The Kier molecular flexibility index (Phi) is 7.24. The van der Waals surface area contributed by atoms with Crippen molar-refractivity contribution in [2.24, 2.45) is 29.4 Å². The first-order chi connectivity index (χ1) is 18.7. The van der Waals surface area contributed by atoms with E-state index in [1.54, 1.807) is 19.0 Å². The number of benzene rings is 1. The van der Waals surface area contributed by atoms with Crippen LogP contribution in [-0.4, -0.2) is 88.4 Å². The molecule has 3 aliphatic carbocycles. The Balaban J connectivity index is 1.88. The SMILES string of the molecule is C=C1c2ccc(NC(=O)CN(C)C)c(O)c2C(=O)C2C(=O)[C@]3(O)C(=O)C(C(N)=O)C(=O)C[C@@H]3[C@@H](OC(=O)CC)[C@H]12. The van der Waals surface area contributed by atoms with Gasteiger partial charge in [0.05, 0.1) is 23.7 Å². The summed E-state index contributed by atoms with van der Waals surface area (Å²) in [4.78, 5) is 92.0. The van der Waals surface area contributed by atoms with Gasteiger partial charge in [0.2, 0.25) is 11.8 Å². The zero-order valence-corrected chi connectivity index (χ0v) is 22.1. The van der Waals surface area contributed by atoms with Crippen LogP contribution in [0.15, 0.2) is 18.7 Å². The van der Waals surface area contributed by atoms with Gasteiger partial charge in [-0.25, -0.2) is 0 Å². The molecule has 0 aromatic heterocycles. The van der Waals surface area contributed by atoms with E-state index in [9.17, 15) is 43.8 Å². The highest BCUT2D eigenvalue weighted by atomic mass is 16.5. The maximum atomic E-state index is 13.9. The van der Waals surface area contributed by atoms with E-state index in [1.165, 1.54) is 19.1 Å². The molecule has 2 unspecified atom stereocenters. The summed E-state index contributed by atoms with van der Waals surface area (Å²) in [5, 5.41) is 25.1. The van der Waals surface area contributed by atoms with Crippen LogP contribution in [0.5, 0.6) is 5.75 Å². The van der Waals surface area contributed by atoms with E-state index >= 15 is 0 Å². The summed E-state index contributed by atoms with van der Waals surface area (Å²) < 4.78 is 5.55. The van der Waals surface area contributed by atoms with Crippen molar-refractivity contribution in [3.8, 4) is 5.75 Å². The molecule has 2 fully saturated rings. The van der Waals surface area contributed by atoms with Gasteiger partial charge in [0, 0.05) is 24.7 Å². The summed E-state index contributed by atoms with van der Waals surface area (Å²) in [5.41, 5.74) is 1.80. The molecule has 13 nitrogen and oxygen atoms in total. The van der Waals surface area contributed by atoms with Crippen molar-refractivity contribution in [2.75, 3.05) is 26.0 Å². The number of primary amides is 1.